The summed E-state index contributed by atoms with van der Waals surface area (Å²) in [5.74, 6) is -0.671. The van der Waals surface area contributed by atoms with E-state index in [2.05, 4.69) is 24.5 Å². The van der Waals surface area contributed by atoms with Crippen LogP contribution in [0.25, 0.3) is 0 Å². The highest BCUT2D eigenvalue weighted by molar-refractivity contribution is 6.02. The average Bonchev–Trinajstić information content (AvgIpc) is 3.57. The van der Waals surface area contributed by atoms with Crippen LogP contribution < -0.4 is 15.4 Å². The molecule has 2 N–H and O–H groups in total. The molecule has 9 nitrogen and oxygen atoms in total. The van der Waals surface area contributed by atoms with E-state index in [0.29, 0.717) is 42.8 Å². The van der Waals surface area contributed by atoms with Crippen LogP contribution in [0.2, 0.25) is 0 Å². The molecule has 1 aromatic rings. The van der Waals surface area contributed by atoms with Crippen molar-refractivity contribution in [3.8, 4) is 5.75 Å². The molecule has 1 aromatic carbocycles. The Hall–Kier alpha value is -2.91. The number of amides is 3. The van der Waals surface area contributed by atoms with E-state index in [1.165, 1.54) is 0 Å². The largest absolute Gasteiger partial charge is 0.497 e. The fourth-order valence-electron chi connectivity index (χ4n) is 7.01. The minimum Gasteiger partial charge on any atom is -0.497 e. The third-order valence-electron chi connectivity index (χ3n) is 9.31. The molecular formula is C31H43N3O6. The number of nitrogens with zero attached hydrogens (tertiary/aromatic N) is 1. The summed E-state index contributed by atoms with van der Waals surface area (Å²) < 4.78 is 17.4. The highest BCUT2D eigenvalue weighted by Gasteiger charge is 2.72. The van der Waals surface area contributed by atoms with Crippen LogP contribution >= 0.6 is 0 Å². The highest BCUT2D eigenvalue weighted by atomic mass is 16.5. The molecule has 9 heteroatoms. The first-order valence-corrected chi connectivity index (χ1v) is 14.7. The standard InChI is InChI=1S/C31H43N3O6/c1-18(2)39-17-7-16-34-27(29(36)33-23-9-6-8-19(3)20(23)4)31-15-14-24(40-31)25(26(31)30(34)37)28(35)32-21-10-12-22(38-5)13-11-21/h10-15,18-20,23-27H,6-9,16-17H2,1-5H3,(H,32,35)(H,33,36)/t19?,20?,23?,24-,25?,26-,27?,31?/m0/s1. The van der Waals surface area contributed by atoms with E-state index >= 15 is 0 Å². The SMILES string of the molecule is COc1ccc(NC(=O)C2[C@@H]3C=CC4(O3)C(C(=O)NC3CCCC(C)C3C)N(CCCOC(C)C)C(=O)[C@H]24)cc1. The van der Waals surface area contributed by atoms with Gasteiger partial charge in [0.25, 0.3) is 0 Å². The molecular weight excluding hydrogens is 510 g/mol. The molecule has 218 valence electrons. The summed E-state index contributed by atoms with van der Waals surface area (Å²) >= 11 is 0. The van der Waals surface area contributed by atoms with Crippen molar-refractivity contribution in [2.45, 2.75) is 83.3 Å². The Balaban J connectivity index is 1.39. The van der Waals surface area contributed by atoms with Crippen molar-refractivity contribution in [3.05, 3.63) is 36.4 Å². The van der Waals surface area contributed by atoms with Crippen LogP contribution in [-0.4, -0.2) is 72.8 Å². The van der Waals surface area contributed by atoms with Crippen molar-refractivity contribution in [1.82, 2.24) is 10.2 Å². The fourth-order valence-corrected chi connectivity index (χ4v) is 7.01. The van der Waals surface area contributed by atoms with Gasteiger partial charge >= 0.3 is 0 Å². The van der Waals surface area contributed by atoms with Crippen molar-refractivity contribution in [2.24, 2.45) is 23.7 Å². The quantitative estimate of drug-likeness (QED) is 0.339. The fraction of sp³-hybridized carbons (Fsp3) is 0.645. The van der Waals surface area contributed by atoms with Crippen LogP contribution in [0.4, 0.5) is 5.69 Å². The van der Waals surface area contributed by atoms with Crippen molar-refractivity contribution in [2.75, 3.05) is 25.6 Å². The van der Waals surface area contributed by atoms with Gasteiger partial charge in [0.2, 0.25) is 17.7 Å². The van der Waals surface area contributed by atoms with Gasteiger partial charge in [-0.25, -0.2) is 0 Å². The molecule has 3 heterocycles. The molecule has 2 saturated heterocycles. The first-order valence-electron chi connectivity index (χ1n) is 14.7. The summed E-state index contributed by atoms with van der Waals surface area (Å²) in [6.45, 7) is 9.19. The third-order valence-corrected chi connectivity index (χ3v) is 9.31. The Morgan fingerprint density at radius 1 is 1.15 bits per heavy atom. The van der Waals surface area contributed by atoms with E-state index < -0.39 is 29.6 Å². The van der Waals surface area contributed by atoms with Gasteiger partial charge in [-0.3, -0.25) is 14.4 Å². The highest BCUT2D eigenvalue weighted by Crippen LogP contribution is 2.55. The van der Waals surface area contributed by atoms with E-state index in [4.69, 9.17) is 14.2 Å². The molecule has 5 rings (SSSR count). The number of methoxy groups -OCH3 is 1. The van der Waals surface area contributed by atoms with Crippen LogP contribution in [0.15, 0.2) is 36.4 Å². The van der Waals surface area contributed by atoms with E-state index in [-0.39, 0.29) is 29.9 Å². The van der Waals surface area contributed by atoms with Crippen molar-refractivity contribution >= 4 is 23.4 Å². The summed E-state index contributed by atoms with van der Waals surface area (Å²) in [4.78, 5) is 43.4. The summed E-state index contributed by atoms with van der Waals surface area (Å²) in [7, 11) is 1.58. The predicted molar refractivity (Wildman–Crippen MR) is 151 cm³/mol. The number of rotatable bonds is 10. The predicted octanol–water partition coefficient (Wildman–Crippen LogP) is 3.54. The van der Waals surface area contributed by atoms with Crippen molar-refractivity contribution < 1.29 is 28.6 Å². The van der Waals surface area contributed by atoms with Crippen LogP contribution in [0.5, 0.6) is 5.75 Å². The van der Waals surface area contributed by atoms with Gasteiger partial charge < -0.3 is 29.7 Å². The monoisotopic (exact) mass is 553 g/mol. The maximum atomic E-state index is 14.1. The number of carbonyl (C=O) groups excluding carboxylic acids is 3. The van der Waals surface area contributed by atoms with E-state index in [9.17, 15) is 14.4 Å². The molecule has 1 spiro atoms. The second-order valence-corrected chi connectivity index (χ2v) is 12.1. The van der Waals surface area contributed by atoms with E-state index in [1.54, 1.807) is 36.3 Å². The lowest BCUT2D eigenvalue weighted by Crippen LogP contribution is -2.58. The molecule has 0 radical (unpaired) electrons. The minimum absolute atomic E-state index is 0.0460. The number of ether oxygens (including phenoxy) is 3. The lowest BCUT2D eigenvalue weighted by molar-refractivity contribution is -0.142. The van der Waals surface area contributed by atoms with Gasteiger partial charge in [-0.1, -0.05) is 38.8 Å². The van der Waals surface area contributed by atoms with Gasteiger partial charge in [0, 0.05) is 24.9 Å². The first-order chi connectivity index (χ1) is 19.2. The topological polar surface area (TPSA) is 106 Å². The Bertz CT molecular complexity index is 1140. The molecule has 0 aromatic heterocycles. The second kappa shape index (κ2) is 11.5. The van der Waals surface area contributed by atoms with Gasteiger partial charge in [-0.15, -0.1) is 0 Å². The minimum atomic E-state index is -1.17. The molecule has 6 unspecified atom stereocenters. The summed E-state index contributed by atoms with van der Waals surface area (Å²) in [5, 5.41) is 6.24. The number of hydrogen-bond donors (Lipinski definition) is 2. The summed E-state index contributed by atoms with van der Waals surface area (Å²) in [6.07, 6.45) is 6.94. The molecule has 1 saturated carbocycles. The van der Waals surface area contributed by atoms with Crippen molar-refractivity contribution in [1.29, 1.82) is 0 Å². The van der Waals surface area contributed by atoms with Gasteiger partial charge in [-0.05, 0) is 62.8 Å². The smallest absolute Gasteiger partial charge is 0.246 e. The maximum Gasteiger partial charge on any atom is 0.246 e. The van der Waals surface area contributed by atoms with Crippen LogP contribution in [-0.2, 0) is 23.9 Å². The molecule has 2 bridgehead atoms. The molecule has 8 atom stereocenters. The Morgan fingerprint density at radius 2 is 1.90 bits per heavy atom. The van der Waals surface area contributed by atoms with Crippen LogP contribution in [0, 0.1) is 23.7 Å². The lowest BCUT2D eigenvalue weighted by Gasteiger charge is -2.38. The summed E-state index contributed by atoms with van der Waals surface area (Å²) in [5.41, 5.74) is -0.565. The number of carbonyl (C=O) groups is 3. The van der Waals surface area contributed by atoms with Crippen molar-refractivity contribution in [3.63, 3.8) is 0 Å². The zero-order valence-electron chi connectivity index (χ0n) is 24.2. The number of anilines is 1. The Morgan fingerprint density at radius 3 is 2.60 bits per heavy atom. The molecule has 3 fully saturated rings. The number of fused-ring (bicyclic) bond motifs is 1. The van der Waals surface area contributed by atoms with Gasteiger partial charge in [-0.2, -0.15) is 0 Å². The van der Waals surface area contributed by atoms with Crippen LogP contribution in [0.3, 0.4) is 0 Å². The molecule has 1 aliphatic carbocycles. The van der Waals surface area contributed by atoms with Gasteiger partial charge in [0.15, 0.2) is 0 Å². The molecule has 40 heavy (non-hydrogen) atoms. The number of nitrogens with one attached hydrogen (secondary N) is 2. The second-order valence-electron chi connectivity index (χ2n) is 12.1. The van der Waals surface area contributed by atoms with Gasteiger partial charge in [0.1, 0.15) is 17.4 Å². The number of likely N-dealkylation sites (tertiary alicyclic amines) is 1. The number of benzene rings is 1. The average molecular weight is 554 g/mol. The first kappa shape index (κ1) is 28.6. The maximum absolute atomic E-state index is 14.1. The van der Waals surface area contributed by atoms with E-state index in [1.807, 2.05) is 26.0 Å². The molecule has 4 aliphatic rings. The zero-order valence-corrected chi connectivity index (χ0v) is 24.2. The third kappa shape index (κ3) is 5.14. The lowest BCUT2D eigenvalue weighted by atomic mass is 9.73. The Kier molecular flexibility index (Phi) is 8.25. The van der Waals surface area contributed by atoms with Gasteiger partial charge in [0.05, 0.1) is 31.2 Å². The Labute approximate surface area is 237 Å². The zero-order chi connectivity index (χ0) is 28.6. The molecule has 3 amide bonds. The van der Waals surface area contributed by atoms with E-state index in [0.717, 1.165) is 19.3 Å². The van der Waals surface area contributed by atoms with Crippen LogP contribution in [0.1, 0.15) is 53.4 Å². The number of hydrogen-bond acceptors (Lipinski definition) is 6. The normalized spacial score (nSPS) is 34.3. The molecule has 3 aliphatic heterocycles. The summed E-state index contributed by atoms with van der Waals surface area (Å²) in [6, 6.07) is 6.26.